The van der Waals surface area contributed by atoms with Crippen molar-refractivity contribution < 1.29 is 15.3 Å². The minimum absolute atomic E-state index is 0.187. The van der Waals surface area contributed by atoms with Crippen LogP contribution < -0.4 is 5.32 Å². The molecule has 0 radical (unpaired) electrons. The van der Waals surface area contributed by atoms with E-state index in [2.05, 4.69) is 20.3 Å². The van der Waals surface area contributed by atoms with Crippen molar-refractivity contribution in [3.05, 3.63) is 12.7 Å². The Bertz CT molecular complexity index is 701. The van der Waals surface area contributed by atoms with Crippen molar-refractivity contribution in [2.24, 2.45) is 5.92 Å². The van der Waals surface area contributed by atoms with Crippen LogP contribution in [0.15, 0.2) is 12.7 Å². The van der Waals surface area contributed by atoms with Gasteiger partial charge in [0.2, 0.25) is 0 Å². The van der Waals surface area contributed by atoms with Crippen molar-refractivity contribution in [3.63, 3.8) is 0 Å². The topological polar surface area (TPSA) is 116 Å². The molecule has 1 fully saturated rings. The summed E-state index contributed by atoms with van der Waals surface area (Å²) in [5.74, 6) is 0.295. The Balaban J connectivity index is 1.85. The number of fused-ring (bicyclic) bond motifs is 1. The van der Waals surface area contributed by atoms with Gasteiger partial charge in [0.05, 0.1) is 18.5 Å². The second-order valence-electron chi connectivity index (χ2n) is 7.05. The van der Waals surface area contributed by atoms with Crippen molar-refractivity contribution in [2.75, 3.05) is 11.9 Å². The van der Waals surface area contributed by atoms with Crippen LogP contribution in [0.3, 0.4) is 0 Å². The van der Waals surface area contributed by atoms with E-state index in [-0.39, 0.29) is 6.61 Å². The van der Waals surface area contributed by atoms with E-state index < -0.39 is 24.2 Å². The zero-order valence-electron chi connectivity index (χ0n) is 14.7. The van der Waals surface area contributed by atoms with E-state index in [0.29, 0.717) is 23.0 Å². The summed E-state index contributed by atoms with van der Waals surface area (Å²) in [5, 5.41) is 33.3. The maximum atomic E-state index is 10.4. The first-order valence-electron chi connectivity index (χ1n) is 8.94. The number of nitrogens with one attached hydrogen (secondary N) is 1. The molecule has 8 heteroatoms. The lowest BCUT2D eigenvalue weighted by Gasteiger charge is -2.28. The minimum atomic E-state index is -1.04. The number of aliphatic hydroxyl groups is 3. The number of aromatic nitrogens is 4. The Hall–Kier alpha value is -1.77. The summed E-state index contributed by atoms with van der Waals surface area (Å²) in [6, 6.07) is -0.0262. The van der Waals surface area contributed by atoms with Gasteiger partial charge < -0.3 is 25.2 Å². The maximum absolute atomic E-state index is 10.4. The number of hydrogen-bond acceptors (Lipinski definition) is 7. The number of aliphatic hydroxyl groups excluding tert-OH is 3. The number of nitrogens with zero attached hydrogens (tertiary/aromatic N) is 4. The van der Waals surface area contributed by atoms with Gasteiger partial charge >= 0.3 is 0 Å². The molecule has 1 aliphatic carbocycles. The third-order valence-corrected chi connectivity index (χ3v) is 5.21. The van der Waals surface area contributed by atoms with Gasteiger partial charge in [-0.2, -0.15) is 0 Å². The second kappa shape index (κ2) is 7.63. The number of rotatable bonds is 7. The first-order valence-corrected chi connectivity index (χ1v) is 8.94. The predicted octanol–water partition coefficient (Wildman–Crippen LogP) is 1.09. The highest BCUT2D eigenvalue weighted by molar-refractivity contribution is 5.82. The molecule has 3 rings (SSSR count). The van der Waals surface area contributed by atoms with Crippen molar-refractivity contribution in [1.29, 1.82) is 0 Å². The van der Waals surface area contributed by atoms with Crippen LogP contribution >= 0.6 is 0 Å². The number of hydrogen-bond donors (Lipinski definition) is 4. The molecule has 4 N–H and O–H groups in total. The molecule has 1 aliphatic rings. The lowest BCUT2D eigenvalue weighted by atomic mass is 9.96. The van der Waals surface area contributed by atoms with Gasteiger partial charge in [0.15, 0.2) is 11.5 Å². The lowest BCUT2D eigenvalue weighted by molar-refractivity contribution is -0.0470. The molecule has 8 nitrogen and oxygen atoms in total. The van der Waals surface area contributed by atoms with E-state index in [0.717, 1.165) is 12.8 Å². The third kappa shape index (κ3) is 3.61. The molecule has 2 heterocycles. The fraction of sp³-hybridized carbons (Fsp3) is 0.706. The Morgan fingerprint density at radius 2 is 1.88 bits per heavy atom. The van der Waals surface area contributed by atoms with E-state index in [1.807, 2.05) is 0 Å². The van der Waals surface area contributed by atoms with Crippen LogP contribution in [-0.2, 0) is 0 Å². The Labute approximate surface area is 146 Å². The van der Waals surface area contributed by atoms with E-state index in [1.54, 1.807) is 24.7 Å². The summed E-state index contributed by atoms with van der Waals surface area (Å²) in [5.41, 5.74) is 1.28. The fourth-order valence-electron chi connectivity index (χ4n) is 3.41. The number of anilines is 1. The van der Waals surface area contributed by atoms with E-state index in [4.69, 9.17) is 0 Å². The normalized spacial score (nSPS) is 20.5. The first-order chi connectivity index (χ1) is 12.0. The van der Waals surface area contributed by atoms with E-state index in [1.165, 1.54) is 19.2 Å². The van der Waals surface area contributed by atoms with Gasteiger partial charge in [-0.25, -0.2) is 15.0 Å². The molecule has 4 atom stereocenters. The molecular formula is C17H27N5O3. The smallest absolute Gasteiger partial charge is 0.165 e. The molecule has 0 bridgehead atoms. The largest absolute Gasteiger partial charge is 0.396 e. The second-order valence-corrected chi connectivity index (χ2v) is 7.05. The van der Waals surface area contributed by atoms with Crippen LogP contribution in [-0.4, -0.2) is 59.7 Å². The zero-order chi connectivity index (χ0) is 18.0. The molecule has 0 aliphatic heterocycles. The lowest BCUT2D eigenvalue weighted by Crippen LogP contribution is -2.39. The van der Waals surface area contributed by atoms with Crippen LogP contribution in [0.2, 0.25) is 0 Å². The highest BCUT2D eigenvalue weighted by atomic mass is 16.3. The Kier molecular flexibility index (Phi) is 5.51. The molecule has 0 saturated heterocycles. The van der Waals surface area contributed by atoms with Gasteiger partial charge in [0.25, 0.3) is 0 Å². The molecule has 2 aromatic heterocycles. The van der Waals surface area contributed by atoms with Crippen LogP contribution in [0.4, 0.5) is 5.82 Å². The fourth-order valence-corrected chi connectivity index (χ4v) is 3.41. The predicted molar refractivity (Wildman–Crippen MR) is 94.2 cm³/mol. The molecule has 25 heavy (non-hydrogen) atoms. The first kappa shape index (κ1) is 18.0. The summed E-state index contributed by atoms with van der Waals surface area (Å²) in [6.07, 6.45) is 5.75. The van der Waals surface area contributed by atoms with Gasteiger partial charge in [-0.15, -0.1) is 0 Å². The van der Waals surface area contributed by atoms with Crippen LogP contribution in [0.5, 0.6) is 0 Å². The van der Waals surface area contributed by atoms with Crippen molar-refractivity contribution in [2.45, 2.75) is 63.8 Å². The standard InChI is InChI=1S/C17H27N5O3/c1-10(7-23)14(24)15(25)11(2)22-9-20-13-16(18-8-19-17(13)22)21-12-5-3-4-6-12/h8-12,14-15,23-25H,3-7H2,1-2H3,(H,18,19,21)/t10-,11-,14-,15+/m1/s1. The Morgan fingerprint density at radius 1 is 1.16 bits per heavy atom. The van der Waals surface area contributed by atoms with Gasteiger partial charge in [-0.3, -0.25) is 0 Å². The number of imidazole rings is 1. The van der Waals surface area contributed by atoms with Gasteiger partial charge in [0.1, 0.15) is 17.9 Å². The minimum Gasteiger partial charge on any atom is -0.396 e. The van der Waals surface area contributed by atoms with Gasteiger partial charge in [-0.05, 0) is 19.8 Å². The molecule has 138 valence electrons. The summed E-state index contributed by atoms with van der Waals surface area (Å²) >= 11 is 0. The summed E-state index contributed by atoms with van der Waals surface area (Å²) in [4.78, 5) is 13.1. The molecule has 0 aromatic carbocycles. The van der Waals surface area contributed by atoms with E-state index >= 15 is 0 Å². The molecular weight excluding hydrogens is 322 g/mol. The SMILES string of the molecule is C[C@H](CO)[C@@H](O)[C@@H](O)[C@@H](C)n1cnc2c(NC3CCCC3)ncnc21. The summed E-state index contributed by atoms with van der Waals surface area (Å²) in [6.45, 7) is 3.30. The quantitative estimate of drug-likeness (QED) is 0.591. The molecule has 0 unspecified atom stereocenters. The van der Waals surface area contributed by atoms with Gasteiger partial charge in [-0.1, -0.05) is 19.8 Å². The van der Waals surface area contributed by atoms with Crippen molar-refractivity contribution in [3.8, 4) is 0 Å². The molecule has 0 amide bonds. The third-order valence-electron chi connectivity index (χ3n) is 5.21. The van der Waals surface area contributed by atoms with Crippen LogP contribution in [0.25, 0.3) is 11.2 Å². The zero-order valence-corrected chi connectivity index (χ0v) is 14.7. The van der Waals surface area contributed by atoms with Gasteiger partial charge in [0, 0.05) is 18.6 Å². The molecule has 2 aromatic rings. The maximum Gasteiger partial charge on any atom is 0.165 e. The average Bonchev–Trinajstić information content (AvgIpc) is 3.29. The summed E-state index contributed by atoms with van der Waals surface area (Å²) < 4.78 is 1.74. The highest BCUT2D eigenvalue weighted by Crippen LogP contribution is 2.27. The van der Waals surface area contributed by atoms with Crippen LogP contribution in [0, 0.1) is 5.92 Å². The van der Waals surface area contributed by atoms with Crippen molar-refractivity contribution in [1.82, 2.24) is 19.5 Å². The molecule has 1 saturated carbocycles. The average molecular weight is 349 g/mol. The monoisotopic (exact) mass is 349 g/mol. The van der Waals surface area contributed by atoms with E-state index in [9.17, 15) is 15.3 Å². The highest BCUT2D eigenvalue weighted by Gasteiger charge is 2.29. The molecule has 0 spiro atoms. The summed E-state index contributed by atoms with van der Waals surface area (Å²) in [7, 11) is 0. The van der Waals surface area contributed by atoms with Crippen LogP contribution in [0.1, 0.15) is 45.6 Å². The Morgan fingerprint density at radius 3 is 2.56 bits per heavy atom. The van der Waals surface area contributed by atoms with Crippen molar-refractivity contribution >= 4 is 17.0 Å².